The fourth-order valence-electron chi connectivity index (χ4n) is 2.30. The molecule has 122 valence electrons. The van der Waals surface area contributed by atoms with Gasteiger partial charge in [-0.25, -0.2) is 9.97 Å². The number of benzene rings is 2. The second kappa shape index (κ2) is 7.00. The Morgan fingerprint density at radius 1 is 0.750 bits per heavy atom. The van der Waals surface area contributed by atoms with Gasteiger partial charge in [0.25, 0.3) is 0 Å². The van der Waals surface area contributed by atoms with Crippen molar-refractivity contribution < 1.29 is 4.74 Å². The minimum Gasteiger partial charge on any atom is -0.497 e. The highest BCUT2D eigenvalue weighted by molar-refractivity contribution is 5.63. The zero-order valence-electron chi connectivity index (χ0n) is 14.0. The number of hydrogen-bond donors (Lipinski definition) is 2. The van der Waals surface area contributed by atoms with E-state index < -0.39 is 0 Å². The standard InChI is InChI=1S/C19H20N4O/c1-13-4-6-15(7-5-13)22-18-12-19(21-14(2)20-18)23-16-8-10-17(24-3)11-9-16/h4-12H,1-3H3,(H2,20,21,22,23). The van der Waals surface area contributed by atoms with E-state index in [0.717, 1.165) is 28.8 Å². The normalized spacial score (nSPS) is 10.3. The maximum atomic E-state index is 5.17. The number of aromatic nitrogens is 2. The first-order chi connectivity index (χ1) is 11.6. The second-order valence-electron chi connectivity index (χ2n) is 5.53. The molecule has 5 heteroatoms. The molecule has 0 bridgehead atoms. The Hall–Kier alpha value is -3.08. The van der Waals surface area contributed by atoms with Crippen molar-refractivity contribution in [3.05, 3.63) is 66.0 Å². The first kappa shape index (κ1) is 15.8. The van der Waals surface area contributed by atoms with Gasteiger partial charge in [0.2, 0.25) is 0 Å². The van der Waals surface area contributed by atoms with Crippen molar-refractivity contribution in [2.24, 2.45) is 0 Å². The largest absolute Gasteiger partial charge is 0.497 e. The highest BCUT2D eigenvalue weighted by Crippen LogP contribution is 2.22. The topological polar surface area (TPSA) is 59.1 Å². The third-order valence-electron chi connectivity index (χ3n) is 3.52. The number of aryl methyl sites for hydroxylation is 2. The highest BCUT2D eigenvalue weighted by Gasteiger charge is 2.04. The SMILES string of the molecule is COc1ccc(Nc2cc(Nc3ccc(C)cc3)nc(C)n2)cc1. The van der Waals surface area contributed by atoms with Gasteiger partial charge in [0.15, 0.2) is 0 Å². The van der Waals surface area contributed by atoms with Crippen LogP contribution in [0.1, 0.15) is 11.4 Å². The third-order valence-corrected chi connectivity index (χ3v) is 3.52. The van der Waals surface area contributed by atoms with Crippen molar-refractivity contribution in [2.45, 2.75) is 13.8 Å². The van der Waals surface area contributed by atoms with Gasteiger partial charge < -0.3 is 15.4 Å². The van der Waals surface area contributed by atoms with Crippen molar-refractivity contribution in [2.75, 3.05) is 17.7 Å². The van der Waals surface area contributed by atoms with E-state index in [4.69, 9.17) is 4.74 Å². The van der Waals surface area contributed by atoms with Crippen LogP contribution in [-0.4, -0.2) is 17.1 Å². The van der Waals surface area contributed by atoms with Crippen molar-refractivity contribution in [3.8, 4) is 5.75 Å². The molecule has 5 nitrogen and oxygen atoms in total. The maximum absolute atomic E-state index is 5.17. The molecule has 0 atom stereocenters. The lowest BCUT2D eigenvalue weighted by molar-refractivity contribution is 0.415. The first-order valence-electron chi connectivity index (χ1n) is 7.73. The summed E-state index contributed by atoms with van der Waals surface area (Å²) in [4.78, 5) is 8.87. The van der Waals surface area contributed by atoms with Gasteiger partial charge in [-0.3, -0.25) is 0 Å². The van der Waals surface area contributed by atoms with Crippen molar-refractivity contribution in [1.29, 1.82) is 0 Å². The number of rotatable bonds is 5. The molecule has 0 fully saturated rings. The molecule has 24 heavy (non-hydrogen) atoms. The van der Waals surface area contributed by atoms with Gasteiger partial charge in [0.05, 0.1) is 7.11 Å². The third kappa shape index (κ3) is 4.01. The fourth-order valence-corrected chi connectivity index (χ4v) is 2.30. The van der Waals surface area contributed by atoms with Gasteiger partial charge in [-0.1, -0.05) is 17.7 Å². The molecule has 0 amide bonds. The highest BCUT2D eigenvalue weighted by atomic mass is 16.5. The van der Waals surface area contributed by atoms with Gasteiger partial charge in [0.1, 0.15) is 23.2 Å². The predicted octanol–water partition coefficient (Wildman–Crippen LogP) is 4.59. The molecule has 0 saturated carbocycles. The van der Waals surface area contributed by atoms with Crippen molar-refractivity contribution in [3.63, 3.8) is 0 Å². The lowest BCUT2D eigenvalue weighted by Crippen LogP contribution is -2.01. The van der Waals surface area contributed by atoms with Crippen LogP contribution in [0.25, 0.3) is 0 Å². The summed E-state index contributed by atoms with van der Waals surface area (Å²) in [5, 5.41) is 6.59. The zero-order chi connectivity index (χ0) is 16.9. The van der Waals surface area contributed by atoms with Crippen LogP contribution in [0, 0.1) is 13.8 Å². The predicted molar refractivity (Wildman–Crippen MR) is 97.5 cm³/mol. The number of methoxy groups -OCH3 is 1. The summed E-state index contributed by atoms with van der Waals surface area (Å²) in [7, 11) is 1.65. The zero-order valence-corrected chi connectivity index (χ0v) is 14.0. The Morgan fingerprint density at radius 3 is 1.75 bits per heavy atom. The van der Waals surface area contributed by atoms with Crippen LogP contribution in [0.3, 0.4) is 0 Å². The molecule has 0 aliphatic heterocycles. The quantitative estimate of drug-likeness (QED) is 0.720. The molecule has 3 aromatic rings. The summed E-state index contributed by atoms with van der Waals surface area (Å²) < 4.78 is 5.17. The molecule has 2 aromatic carbocycles. The molecule has 0 radical (unpaired) electrons. The number of nitrogens with zero attached hydrogens (tertiary/aromatic N) is 2. The first-order valence-corrected chi connectivity index (χ1v) is 7.73. The summed E-state index contributed by atoms with van der Waals surface area (Å²) in [6.07, 6.45) is 0. The van der Waals surface area contributed by atoms with E-state index in [2.05, 4.69) is 39.7 Å². The van der Waals surface area contributed by atoms with Crippen LogP contribution in [-0.2, 0) is 0 Å². The lowest BCUT2D eigenvalue weighted by Gasteiger charge is -2.11. The van der Waals surface area contributed by atoms with E-state index in [-0.39, 0.29) is 0 Å². The molecule has 3 rings (SSSR count). The number of nitrogens with one attached hydrogen (secondary N) is 2. The van der Waals surface area contributed by atoms with E-state index in [1.165, 1.54) is 5.56 Å². The van der Waals surface area contributed by atoms with E-state index in [1.54, 1.807) is 7.11 Å². The Kier molecular flexibility index (Phi) is 4.61. The van der Waals surface area contributed by atoms with Crippen LogP contribution in [0.2, 0.25) is 0 Å². The van der Waals surface area contributed by atoms with Crippen LogP contribution in [0.5, 0.6) is 5.75 Å². The summed E-state index contributed by atoms with van der Waals surface area (Å²) in [5.41, 5.74) is 3.16. The molecule has 0 spiro atoms. The lowest BCUT2D eigenvalue weighted by atomic mass is 10.2. The number of hydrogen-bond acceptors (Lipinski definition) is 5. The van der Waals surface area contributed by atoms with Gasteiger partial charge in [-0.05, 0) is 50.2 Å². The molecule has 0 aliphatic rings. The van der Waals surface area contributed by atoms with Crippen LogP contribution < -0.4 is 15.4 Å². The van der Waals surface area contributed by atoms with Gasteiger partial charge in [-0.15, -0.1) is 0 Å². The molecule has 2 N–H and O–H groups in total. The Labute approximate surface area is 141 Å². The smallest absolute Gasteiger partial charge is 0.136 e. The number of ether oxygens (including phenoxy) is 1. The molecule has 0 aliphatic carbocycles. The van der Waals surface area contributed by atoms with E-state index in [1.807, 2.05) is 49.4 Å². The van der Waals surface area contributed by atoms with Crippen LogP contribution in [0.15, 0.2) is 54.6 Å². The molecule has 1 aromatic heterocycles. The maximum Gasteiger partial charge on any atom is 0.136 e. The molecule has 0 saturated heterocycles. The monoisotopic (exact) mass is 320 g/mol. The molecular formula is C19H20N4O. The Balaban J connectivity index is 1.78. The fraction of sp³-hybridized carbons (Fsp3) is 0.158. The van der Waals surface area contributed by atoms with Gasteiger partial charge >= 0.3 is 0 Å². The summed E-state index contributed by atoms with van der Waals surface area (Å²) in [6.45, 7) is 3.94. The number of anilines is 4. The van der Waals surface area contributed by atoms with Crippen LogP contribution >= 0.6 is 0 Å². The van der Waals surface area contributed by atoms with Crippen molar-refractivity contribution >= 4 is 23.0 Å². The Morgan fingerprint density at radius 2 is 1.25 bits per heavy atom. The van der Waals surface area contributed by atoms with Crippen molar-refractivity contribution in [1.82, 2.24) is 9.97 Å². The average Bonchev–Trinajstić information content (AvgIpc) is 2.57. The van der Waals surface area contributed by atoms with E-state index in [9.17, 15) is 0 Å². The summed E-state index contributed by atoms with van der Waals surface area (Å²) in [5.74, 6) is 3.01. The minimum absolute atomic E-state index is 0.697. The van der Waals surface area contributed by atoms with Gasteiger partial charge in [-0.2, -0.15) is 0 Å². The van der Waals surface area contributed by atoms with E-state index >= 15 is 0 Å². The molecule has 1 heterocycles. The summed E-state index contributed by atoms with van der Waals surface area (Å²) in [6, 6.07) is 17.8. The average molecular weight is 320 g/mol. The van der Waals surface area contributed by atoms with Crippen LogP contribution in [0.4, 0.5) is 23.0 Å². The van der Waals surface area contributed by atoms with E-state index in [0.29, 0.717) is 5.82 Å². The second-order valence-corrected chi connectivity index (χ2v) is 5.53. The van der Waals surface area contributed by atoms with Gasteiger partial charge in [0, 0.05) is 17.4 Å². The molecule has 0 unspecified atom stereocenters. The Bertz CT molecular complexity index is 814. The molecular weight excluding hydrogens is 300 g/mol. The summed E-state index contributed by atoms with van der Waals surface area (Å²) >= 11 is 0. The minimum atomic E-state index is 0.697.